The minimum atomic E-state index is -3.34. The Hall–Kier alpha value is -1.17. The van der Waals surface area contributed by atoms with Crippen molar-refractivity contribution in [1.29, 1.82) is 0 Å². The van der Waals surface area contributed by atoms with Crippen LogP contribution in [0.25, 0.3) is 0 Å². The first-order valence-electron chi connectivity index (χ1n) is 8.51. The van der Waals surface area contributed by atoms with Crippen LogP contribution in [0.5, 0.6) is 0 Å². The molecule has 23 heavy (non-hydrogen) atoms. The molecule has 4 rings (SSSR count). The third kappa shape index (κ3) is 2.75. The third-order valence-corrected chi connectivity index (χ3v) is 7.56. The highest BCUT2D eigenvalue weighted by molar-refractivity contribution is 7.86. The Morgan fingerprint density at radius 1 is 1.04 bits per heavy atom. The third-order valence-electron chi connectivity index (χ3n) is 5.64. The Labute approximate surface area is 139 Å². The second-order valence-corrected chi connectivity index (χ2v) is 9.12. The van der Waals surface area contributed by atoms with Crippen LogP contribution >= 0.6 is 0 Å². The quantitative estimate of drug-likeness (QED) is 0.781. The van der Waals surface area contributed by atoms with Gasteiger partial charge in [0.2, 0.25) is 0 Å². The molecule has 0 unspecified atom stereocenters. The van der Waals surface area contributed by atoms with E-state index in [1.54, 1.807) is 8.61 Å². The standard InChI is InChI=1S/C18H24N2O2S/c1-14-6-7-17-12-20(13-18(17)10-14)23(21,22)19-9-8-15-4-2-3-5-16(15)11-19/h2-6,17-18H,7-13H2,1H3/t17-,18+/m0/s1. The van der Waals surface area contributed by atoms with Crippen molar-refractivity contribution in [3.05, 3.63) is 47.0 Å². The molecule has 1 fully saturated rings. The molecule has 1 aromatic carbocycles. The predicted molar refractivity (Wildman–Crippen MR) is 91.0 cm³/mol. The number of benzene rings is 1. The van der Waals surface area contributed by atoms with Crippen molar-refractivity contribution in [3.8, 4) is 0 Å². The van der Waals surface area contributed by atoms with Crippen LogP contribution in [0.2, 0.25) is 0 Å². The molecule has 0 aromatic heterocycles. The van der Waals surface area contributed by atoms with Gasteiger partial charge < -0.3 is 0 Å². The average molecular weight is 332 g/mol. The minimum absolute atomic E-state index is 0.505. The van der Waals surface area contributed by atoms with E-state index >= 15 is 0 Å². The molecule has 3 aliphatic rings. The van der Waals surface area contributed by atoms with Gasteiger partial charge in [-0.25, -0.2) is 0 Å². The average Bonchev–Trinajstić information content (AvgIpc) is 2.98. The van der Waals surface area contributed by atoms with Crippen LogP contribution in [0.15, 0.2) is 35.9 Å². The van der Waals surface area contributed by atoms with E-state index in [2.05, 4.69) is 19.1 Å². The lowest BCUT2D eigenvalue weighted by Crippen LogP contribution is -2.45. The molecule has 0 radical (unpaired) electrons. The van der Waals surface area contributed by atoms with Crippen molar-refractivity contribution in [2.24, 2.45) is 11.8 Å². The summed E-state index contributed by atoms with van der Waals surface area (Å²) in [4.78, 5) is 0. The molecular formula is C18H24N2O2S. The topological polar surface area (TPSA) is 40.6 Å². The molecule has 0 saturated carbocycles. The second kappa shape index (κ2) is 5.72. The van der Waals surface area contributed by atoms with Gasteiger partial charge in [-0.2, -0.15) is 17.0 Å². The smallest absolute Gasteiger partial charge is 0.195 e. The molecule has 1 aliphatic carbocycles. The maximum absolute atomic E-state index is 13.1. The molecule has 5 heteroatoms. The van der Waals surface area contributed by atoms with Gasteiger partial charge in [0, 0.05) is 26.2 Å². The van der Waals surface area contributed by atoms with Crippen LogP contribution in [-0.4, -0.2) is 36.7 Å². The van der Waals surface area contributed by atoms with Gasteiger partial charge in [0.15, 0.2) is 0 Å². The van der Waals surface area contributed by atoms with E-state index in [1.165, 1.54) is 11.1 Å². The van der Waals surface area contributed by atoms with Crippen molar-refractivity contribution in [2.45, 2.75) is 32.7 Å². The van der Waals surface area contributed by atoms with Crippen LogP contribution in [0, 0.1) is 11.8 Å². The number of nitrogens with zero attached hydrogens (tertiary/aromatic N) is 2. The molecule has 0 spiro atoms. The first-order valence-corrected chi connectivity index (χ1v) is 9.91. The van der Waals surface area contributed by atoms with Gasteiger partial charge in [-0.15, -0.1) is 0 Å². The summed E-state index contributed by atoms with van der Waals surface area (Å²) >= 11 is 0. The van der Waals surface area contributed by atoms with Crippen LogP contribution < -0.4 is 0 Å². The Balaban J connectivity index is 1.51. The lowest BCUT2D eigenvalue weighted by molar-refractivity contribution is 0.340. The van der Waals surface area contributed by atoms with Gasteiger partial charge in [-0.05, 0) is 49.1 Å². The van der Waals surface area contributed by atoms with Crippen LogP contribution in [0.4, 0.5) is 0 Å². The van der Waals surface area contributed by atoms with E-state index < -0.39 is 10.2 Å². The molecule has 124 valence electrons. The van der Waals surface area contributed by atoms with Gasteiger partial charge >= 0.3 is 0 Å². The van der Waals surface area contributed by atoms with Crippen molar-refractivity contribution in [2.75, 3.05) is 19.6 Å². The molecule has 2 aliphatic heterocycles. The summed E-state index contributed by atoms with van der Waals surface area (Å²) in [5.41, 5.74) is 3.85. The first-order chi connectivity index (χ1) is 11.0. The van der Waals surface area contributed by atoms with Gasteiger partial charge in [0.25, 0.3) is 10.2 Å². The summed E-state index contributed by atoms with van der Waals surface area (Å²) < 4.78 is 29.5. The monoisotopic (exact) mass is 332 g/mol. The summed E-state index contributed by atoms with van der Waals surface area (Å²) in [5, 5.41) is 0. The Morgan fingerprint density at radius 2 is 1.78 bits per heavy atom. The second-order valence-electron chi connectivity index (χ2n) is 7.19. The molecule has 4 nitrogen and oxygen atoms in total. The number of hydrogen-bond donors (Lipinski definition) is 0. The van der Waals surface area contributed by atoms with E-state index in [1.807, 2.05) is 18.2 Å². The van der Waals surface area contributed by atoms with E-state index in [0.29, 0.717) is 38.0 Å². The van der Waals surface area contributed by atoms with Crippen molar-refractivity contribution in [3.63, 3.8) is 0 Å². The van der Waals surface area contributed by atoms with E-state index in [9.17, 15) is 8.42 Å². The Bertz CT molecular complexity index is 741. The molecule has 0 N–H and O–H groups in total. The summed E-state index contributed by atoms with van der Waals surface area (Å²) in [6.45, 7) is 4.66. The molecule has 1 saturated heterocycles. The van der Waals surface area contributed by atoms with Gasteiger partial charge in [0.05, 0.1) is 0 Å². The minimum Gasteiger partial charge on any atom is -0.195 e. The van der Waals surface area contributed by atoms with Crippen LogP contribution in [0.3, 0.4) is 0 Å². The summed E-state index contributed by atoms with van der Waals surface area (Å²) in [6.07, 6.45) is 5.19. The van der Waals surface area contributed by atoms with Crippen LogP contribution in [0.1, 0.15) is 30.9 Å². The SMILES string of the molecule is CC1=CC[C@H]2CN(S(=O)(=O)N3CCc4ccccc4C3)C[C@H]2C1. The first kappa shape index (κ1) is 15.4. The van der Waals surface area contributed by atoms with Gasteiger partial charge in [0.1, 0.15) is 0 Å². The highest BCUT2D eigenvalue weighted by Crippen LogP contribution is 2.37. The fourth-order valence-corrected chi connectivity index (χ4v) is 5.97. The molecule has 0 amide bonds. The Morgan fingerprint density at radius 3 is 2.61 bits per heavy atom. The maximum atomic E-state index is 13.1. The number of rotatable bonds is 2. The highest BCUT2D eigenvalue weighted by Gasteiger charge is 2.42. The van der Waals surface area contributed by atoms with Gasteiger partial charge in [-0.3, -0.25) is 0 Å². The van der Waals surface area contributed by atoms with E-state index in [0.717, 1.165) is 24.8 Å². The maximum Gasteiger partial charge on any atom is 0.282 e. The number of allylic oxidation sites excluding steroid dienone is 2. The lowest BCUT2D eigenvalue weighted by atomic mass is 9.83. The highest BCUT2D eigenvalue weighted by atomic mass is 32.2. The zero-order chi connectivity index (χ0) is 16.0. The van der Waals surface area contributed by atoms with Crippen LogP contribution in [-0.2, 0) is 23.2 Å². The van der Waals surface area contributed by atoms with Crippen molar-refractivity contribution < 1.29 is 8.42 Å². The zero-order valence-electron chi connectivity index (χ0n) is 13.6. The number of fused-ring (bicyclic) bond motifs is 2. The summed E-state index contributed by atoms with van der Waals surface area (Å²) in [5.74, 6) is 1.01. The fraction of sp³-hybridized carbons (Fsp3) is 0.556. The molecule has 0 bridgehead atoms. The summed E-state index contributed by atoms with van der Waals surface area (Å²) in [7, 11) is -3.34. The largest absolute Gasteiger partial charge is 0.282 e. The molecule has 2 heterocycles. The van der Waals surface area contributed by atoms with Crippen molar-refractivity contribution in [1.82, 2.24) is 8.61 Å². The van der Waals surface area contributed by atoms with Crippen molar-refractivity contribution >= 4 is 10.2 Å². The number of hydrogen-bond acceptors (Lipinski definition) is 2. The van der Waals surface area contributed by atoms with Gasteiger partial charge in [-0.1, -0.05) is 35.9 Å². The Kier molecular flexibility index (Phi) is 3.82. The molecule has 1 aromatic rings. The summed E-state index contributed by atoms with van der Waals surface area (Å²) in [6, 6.07) is 8.18. The molecule has 2 atom stereocenters. The predicted octanol–water partition coefficient (Wildman–Crippen LogP) is 2.58. The normalized spacial score (nSPS) is 29.0. The zero-order valence-corrected chi connectivity index (χ0v) is 14.4. The van der Waals surface area contributed by atoms with E-state index in [-0.39, 0.29) is 0 Å². The fourth-order valence-electron chi connectivity index (χ4n) is 4.26. The lowest BCUT2D eigenvalue weighted by Gasteiger charge is -2.31. The van der Waals surface area contributed by atoms with E-state index in [4.69, 9.17) is 0 Å². The molecular weight excluding hydrogens is 308 g/mol.